The Morgan fingerprint density at radius 3 is 2.64 bits per heavy atom. The summed E-state index contributed by atoms with van der Waals surface area (Å²) in [6.07, 6.45) is 1.80. The molecule has 1 aromatic rings. The first-order valence-corrected chi connectivity index (χ1v) is 8.20. The minimum absolute atomic E-state index is 0.0606. The van der Waals surface area contributed by atoms with E-state index < -0.39 is 0 Å². The van der Waals surface area contributed by atoms with Gasteiger partial charge >= 0.3 is 0 Å². The van der Waals surface area contributed by atoms with Crippen LogP contribution in [0.4, 0.5) is 0 Å². The predicted molar refractivity (Wildman–Crippen MR) is 90.4 cm³/mol. The van der Waals surface area contributed by atoms with Gasteiger partial charge in [-0.25, -0.2) is 0 Å². The highest BCUT2D eigenvalue weighted by Gasteiger charge is 2.33. The number of hydrogen-bond donors (Lipinski definition) is 1. The first-order chi connectivity index (χ1) is 10.6. The number of carbonyl (C=O) groups excluding carboxylic acids is 1. The molecule has 2 saturated heterocycles. The molecule has 7 heteroatoms. The van der Waals surface area contributed by atoms with Gasteiger partial charge in [-0.1, -0.05) is 36.1 Å². The molecular formula is C15H16N2O3S2. The van der Waals surface area contributed by atoms with Crippen LogP contribution >= 0.6 is 24.0 Å². The van der Waals surface area contributed by atoms with Gasteiger partial charge in [0.2, 0.25) is 0 Å². The quantitative estimate of drug-likeness (QED) is 0.672. The average molecular weight is 336 g/mol. The lowest BCUT2D eigenvalue weighted by molar-refractivity contribution is -0.124. The lowest BCUT2D eigenvalue weighted by atomic mass is 10.2. The van der Waals surface area contributed by atoms with Crippen LogP contribution in [0, 0.1) is 0 Å². The Kier molecular flexibility index (Phi) is 4.77. The van der Waals surface area contributed by atoms with Crippen molar-refractivity contribution in [3.8, 4) is 5.75 Å². The number of carbonyl (C=O) groups is 1. The van der Waals surface area contributed by atoms with Gasteiger partial charge < -0.3 is 9.84 Å². The third-order valence-electron chi connectivity index (χ3n) is 3.51. The van der Waals surface area contributed by atoms with E-state index in [0.717, 1.165) is 18.7 Å². The molecular weight excluding hydrogens is 320 g/mol. The van der Waals surface area contributed by atoms with E-state index in [2.05, 4.69) is 4.90 Å². The fourth-order valence-electron chi connectivity index (χ4n) is 2.29. The Morgan fingerprint density at radius 2 is 1.95 bits per heavy atom. The number of rotatable bonds is 3. The van der Waals surface area contributed by atoms with Gasteiger partial charge in [0.15, 0.2) is 0 Å². The van der Waals surface area contributed by atoms with Crippen LogP contribution in [0.5, 0.6) is 5.75 Å². The van der Waals surface area contributed by atoms with Gasteiger partial charge in [-0.05, 0) is 23.8 Å². The van der Waals surface area contributed by atoms with Crippen LogP contribution in [0.25, 0.3) is 6.08 Å². The van der Waals surface area contributed by atoms with Crippen LogP contribution in [0.15, 0.2) is 29.2 Å². The summed E-state index contributed by atoms with van der Waals surface area (Å²) in [5.41, 5.74) is 0.865. The number of thiocarbonyl (C=S) groups is 1. The number of hydrogen-bond acceptors (Lipinski definition) is 6. The fraction of sp³-hybridized carbons (Fsp3) is 0.333. The minimum atomic E-state index is -0.0606. The maximum Gasteiger partial charge on any atom is 0.267 e. The summed E-state index contributed by atoms with van der Waals surface area (Å²) < 4.78 is 5.90. The largest absolute Gasteiger partial charge is 0.508 e. The summed E-state index contributed by atoms with van der Waals surface area (Å²) in [4.78, 5) is 16.9. The van der Waals surface area contributed by atoms with E-state index in [1.165, 1.54) is 11.8 Å². The molecule has 0 unspecified atom stereocenters. The summed E-state index contributed by atoms with van der Waals surface area (Å²) in [6.45, 7) is 3.53. The molecule has 3 rings (SSSR count). The smallest absolute Gasteiger partial charge is 0.267 e. The molecule has 1 amide bonds. The van der Waals surface area contributed by atoms with Crippen molar-refractivity contribution in [2.45, 2.75) is 0 Å². The van der Waals surface area contributed by atoms with Crippen LogP contribution in [-0.2, 0) is 9.53 Å². The van der Waals surface area contributed by atoms with Gasteiger partial charge in [0.05, 0.1) is 24.8 Å². The Labute approximate surface area is 138 Å². The molecule has 1 aromatic carbocycles. The zero-order valence-electron chi connectivity index (χ0n) is 11.9. The number of morpholine rings is 1. The topological polar surface area (TPSA) is 53.0 Å². The molecule has 2 aliphatic rings. The Balaban J connectivity index is 1.71. The molecule has 2 fully saturated rings. The first kappa shape index (κ1) is 15.5. The number of phenols is 1. The second-order valence-corrected chi connectivity index (χ2v) is 6.75. The van der Waals surface area contributed by atoms with Gasteiger partial charge in [-0.3, -0.25) is 14.6 Å². The number of nitrogens with zero attached hydrogens (tertiary/aromatic N) is 2. The summed E-state index contributed by atoms with van der Waals surface area (Å²) in [5.74, 6) is 0.145. The molecule has 2 heterocycles. The summed E-state index contributed by atoms with van der Waals surface area (Å²) in [5, 5.41) is 9.30. The highest BCUT2D eigenvalue weighted by molar-refractivity contribution is 8.26. The highest BCUT2D eigenvalue weighted by atomic mass is 32.2. The van der Waals surface area contributed by atoms with Crippen LogP contribution in [0.2, 0.25) is 0 Å². The zero-order chi connectivity index (χ0) is 15.5. The number of amides is 1. The van der Waals surface area contributed by atoms with E-state index >= 15 is 0 Å². The molecule has 0 aliphatic carbocycles. The minimum Gasteiger partial charge on any atom is -0.508 e. The second-order valence-electron chi connectivity index (χ2n) is 5.07. The molecule has 116 valence electrons. The van der Waals surface area contributed by atoms with Gasteiger partial charge in [-0.2, -0.15) is 0 Å². The molecule has 0 radical (unpaired) electrons. The van der Waals surface area contributed by atoms with Gasteiger partial charge in [0.25, 0.3) is 5.91 Å². The number of ether oxygens (including phenoxy) is 1. The van der Waals surface area contributed by atoms with Crippen molar-refractivity contribution in [1.82, 2.24) is 9.80 Å². The number of phenolic OH excluding ortho intramolecular Hbond substituents is 1. The van der Waals surface area contributed by atoms with E-state index in [4.69, 9.17) is 17.0 Å². The van der Waals surface area contributed by atoms with Gasteiger partial charge in [-0.15, -0.1) is 0 Å². The Hall–Kier alpha value is -1.41. The van der Waals surface area contributed by atoms with Crippen molar-refractivity contribution in [1.29, 1.82) is 0 Å². The van der Waals surface area contributed by atoms with Crippen LogP contribution in [0.3, 0.4) is 0 Å². The molecule has 0 aromatic heterocycles. The molecule has 2 aliphatic heterocycles. The summed E-state index contributed by atoms with van der Waals surface area (Å²) >= 11 is 6.65. The van der Waals surface area contributed by atoms with E-state index in [9.17, 15) is 9.90 Å². The van der Waals surface area contributed by atoms with Crippen LogP contribution in [-0.4, -0.2) is 58.1 Å². The van der Waals surface area contributed by atoms with Crippen molar-refractivity contribution in [3.63, 3.8) is 0 Å². The molecule has 1 N–H and O–H groups in total. The number of thioether (sulfide) groups is 1. The fourth-order valence-corrected chi connectivity index (χ4v) is 3.53. The molecule has 0 bridgehead atoms. The van der Waals surface area contributed by atoms with Crippen molar-refractivity contribution < 1.29 is 14.6 Å². The maximum absolute atomic E-state index is 12.5. The molecule has 22 heavy (non-hydrogen) atoms. The van der Waals surface area contributed by atoms with Crippen LogP contribution in [0.1, 0.15) is 5.56 Å². The number of aromatic hydroxyl groups is 1. The third kappa shape index (κ3) is 3.49. The van der Waals surface area contributed by atoms with E-state index in [-0.39, 0.29) is 11.7 Å². The normalized spacial score (nSPS) is 21.8. The number of benzene rings is 1. The maximum atomic E-state index is 12.5. The Bertz CT molecular complexity index is 610. The SMILES string of the molecule is O=C1C(=Cc2ccc(O)cc2)SC(=S)N1CN1CCOCC1. The third-order valence-corrected chi connectivity index (χ3v) is 4.89. The lowest BCUT2D eigenvalue weighted by Gasteiger charge is -2.29. The van der Waals surface area contributed by atoms with Crippen molar-refractivity contribution in [3.05, 3.63) is 34.7 Å². The van der Waals surface area contributed by atoms with Crippen molar-refractivity contribution >= 4 is 40.3 Å². The van der Waals surface area contributed by atoms with E-state index in [1.54, 1.807) is 35.2 Å². The molecule has 0 spiro atoms. The Morgan fingerprint density at radius 1 is 1.27 bits per heavy atom. The molecule has 5 nitrogen and oxygen atoms in total. The summed E-state index contributed by atoms with van der Waals surface area (Å²) in [7, 11) is 0. The lowest BCUT2D eigenvalue weighted by Crippen LogP contribution is -2.45. The highest BCUT2D eigenvalue weighted by Crippen LogP contribution is 2.32. The standard InChI is InChI=1S/C15H16N2O3S2/c18-12-3-1-11(2-4-12)9-13-14(19)17(15(21)22-13)10-16-5-7-20-8-6-16/h1-4,9,18H,5-8,10H2. The molecule has 0 saturated carbocycles. The zero-order valence-corrected chi connectivity index (χ0v) is 13.5. The van der Waals surface area contributed by atoms with E-state index in [0.29, 0.717) is 29.1 Å². The summed E-state index contributed by atoms with van der Waals surface area (Å²) in [6, 6.07) is 6.73. The van der Waals surface area contributed by atoms with Crippen molar-refractivity contribution in [2.24, 2.45) is 0 Å². The van der Waals surface area contributed by atoms with E-state index in [1.807, 2.05) is 0 Å². The molecule has 0 atom stereocenters. The second kappa shape index (κ2) is 6.78. The predicted octanol–water partition coefficient (Wildman–Crippen LogP) is 1.88. The van der Waals surface area contributed by atoms with Gasteiger partial charge in [0, 0.05) is 13.1 Å². The average Bonchev–Trinajstić information content (AvgIpc) is 2.78. The van der Waals surface area contributed by atoms with Crippen molar-refractivity contribution in [2.75, 3.05) is 33.0 Å². The monoisotopic (exact) mass is 336 g/mol. The van der Waals surface area contributed by atoms with Crippen LogP contribution < -0.4 is 0 Å². The first-order valence-electron chi connectivity index (χ1n) is 6.98. The van der Waals surface area contributed by atoms with Gasteiger partial charge in [0.1, 0.15) is 10.1 Å².